The number of carbonyl (C=O) groups excluding carboxylic acids is 1. The van der Waals surface area contributed by atoms with Crippen molar-refractivity contribution in [2.45, 2.75) is 65.5 Å². The van der Waals surface area contributed by atoms with Crippen molar-refractivity contribution in [2.75, 3.05) is 13.2 Å². The predicted molar refractivity (Wildman–Crippen MR) is 82.5 cm³/mol. The molecule has 20 heavy (non-hydrogen) atoms. The molecule has 0 N–H and O–H groups in total. The molecule has 1 unspecified atom stereocenters. The molecular weight excluding hydrogens is 272 g/mol. The lowest BCUT2D eigenvalue weighted by atomic mass is 10.4. The van der Waals surface area contributed by atoms with E-state index in [-0.39, 0.29) is 11.7 Å². The average molecular weight is 301 g/mol. The van der Waals surface area contributed by atoms with Crippen LogP contribution in [0.15, 0.2) is 12.2 Å². The van der Waals surface area contributed by atoms with Gasteiger partial charge >= 0.3 is 15.3 Å². The van der Waals surface area contributed by atoms with E-state index in [1.165, 1.54) is 0 Å². The van der Waals surface area contributed by atoms with E-state index in [9.17, 15) is 4.79 Å². The van der Waals surface area contributed by atoms with Crippen LogP contribution in [0.3, 0.4) is 0 Å². The number of hydrogen-bond donors (Lipinski definition) is 0. The SMILES string of the molecule is C=C(C)C(=O)OC(CC)[Si](OCCCC)OCCCC. The van der Waals surface area contributed by atoms with Crippen molar-refractivity contribution in [3.8, 4) is 0 Å². The maximum absolute atomic E-state index is 11.7. The van der Waals surface area contributed by atoms with Gasteiger partial charge in [0.1, 0.15) is 5.73 Å². The van der Waals surface area contributed by atoms with Gasteiger partial charge in [-0.1, -0.05) is 40.2 Å². The fourth-order valence-corrected chi connectivity index (χ4v) is 3.07. The molecule has 1 radical (unpaired) electrons. The third-order valence-electron chi connectivity index (χ3n) is 2.72. The molecule has 0 spiro atoms. The molecule has 4 nitrogen and oxygen atoms in total. The maximum Gasteiger partial charge on any atom is 0.429 e. The summed E-state index contributed by atoms with van der Waals surface area (Å²) in [6, 6.07) is 0. The van der Waals surface area contributed by atoms with Crippen LogP contribution in [0, 0.1) is 0 Å². The van der Waals surface area contributed by atoms with Crippen molar-refractivity contribution in [2.24, 2.45) is 0 Å². The summed E-state index contributed by atoms with van der Waals surface area (Å²) in [5.74, 6) is -0.363. The summed E-state index contributed by atoms with van der Waals surface area (Å²) in [5.41, 5.74) is 0.129. The van der Waals surface area contributed by atoms with Gasteiger partial charge < -0.3 is 13.6 Å². The Morgan fingerprint density at radius 2 is 1.60 bits per heavy atom. The fraction of sp³-hybridized carbons (Fsp3) is 0.800. The lowest BCUT2D eigenvalue weighted by Crippen LogP contribution is -2.41. The van der Waals surface area contributed by atoms with Crippen LogP contribution in [0.1, 0.15) is 59.8 Å². The molecule has 0 aromatic heterocycles. The number of carbonyl (C=O) groups is 1. The van der Waals surface area contributed by atoms with Crippen LogP contribution in [0.2, 0.25) is 0 Å². The highest BCUT2D eigenvalue weighted by Crippen LogP contribution is 2.10. The van der Waals surface area contributed by atoms with Crippen LogP contribution in [0.5, 0.6) is 0 Å². The van der Waals surface area contributed by atoms with Crippen LogP contribution in [-0.4, -0.2) is 34.2 Å². The molecule has 0 amide bonds. The lowest BCUT2D eigenvalue weighted by Gasteiger charge is -2.23. The van der Waals surface area contributed by atoms with E-state index in [4.69, 9.17) is 13.6 Å². The quantitative estimate of drug-likeness (QED) is 0.239. The van der Waals surface area contributed by atoms with Gasteiger partial charge in [0.25, 0.3) is 0 Å². The van der Waals surface area contributed by atoms with Crippen molar-refractivity contribution in [1.82, 2.24) is 0 Å². The molecule has 0 heterocycles. The third kappa shape index (κ3) is 8.50. The van der Waals surface area contributed by atoms with Crippen molar-refractivity contribution in [1.29, 1.82) is 0 Å². The minimum atomic E-state index is -1.59. The first kappa shape index (κ1) is 19.3. The molecule has 0 aliphatic carbocycles. The Balaban J connectivity index is 4.48. The second-order valence-electron chi connectivity index (χ2n) is 4.81. The summed E-state index contributed by atoms with van der Waals surface area (Å²) in [4.78, 5) is 11.7. The third-order valence-corrected chi connectivity index (χ3v) is 4.75. The maximum atomic E-state index is 11.7. The standard InChI is InChI=1S/C15H29O4Si/c1-6-9-11-17-20(18-12-10-7-2)14(8-3)19-15(16)13(4)5/h14H,4,6-12H2,1-3,5H3. The molecule has 0 aliphatic rings. The van der Waals surface area contributed by atoms with Crippen LogP contribution in [0.4, 0.5) is 0 Å². The molecule has 0 aromatic carbocycles. The van der Waals surface area contributed by atoms with Gasteiger partial charge in [-0.05, 0) is 26.2 Å². The summed E-state index contributed by atoms with van der Waals surface area (Å²) in [7, 11) is -1.59. The highest BCUT2D eigenvalue weighted by atomic mass is 28.3. The molecule has 0 bridgehead atoms. The van der Waals surface area contributed by atoms with E-state index >= 15 is 0 Å². The second-order valence-corrected chi connectivity index (χ2v) is 6.66. The molecule has 0 aliphatic heterocycles. The van der Waals surface area contributed by atoms with Gasteiger partial charge in [-0.25, -0.2) is 4.79 Å². The number of esters is 1. The van der Waals surface area contributed by atoms with E-state index in [2.05, 4.69) is 20.4 Å². The van der Waals surface area contributed by atoms with E-state index in [0.29, 0.717) is 25.2 Å². The first-order valence-electron chi connectivity index (χ1n) is 7.55. The first-order valence-corrected chi connectivity index (χ1v) is 8.95. The second kappa shape index (κ2) is 12.1. The minimum Gasteiger partial charge on any atom is -0.457 e. The van der Waals surface area contributed by atoms with Gasteiger partial charge in [-0.2, -0.15) is 0 Å². The Hall–Kier alpha value is -0.653. The number of unbranched alkanes of at least 4 members (excludes halogenated alkanes) is 2. The average Bonchev–Trinajstić information content (AvgIpc) is 2.43. The zero-order valence-electron chi connectivity index (χ0n) is 13.4. The molecule has 0 saturated heterocycles. The molecular formula is C15H29O4Si. The monoisotopic (exact) mass is 301 g/mol. The largest absolute Gasteiger partial charge is 0.457 e. The fourth-order valence-electron chi connectivity index (χ4n) is 1.39. The van der Waals surface area contributed by atoms with E-state index < -0.39 is 9.28 Å². The molecule has 5 heteroatoms. The van der Waals surface area contributed by atoms with Crippen LogP contribution in [0.25, 0.3) is 0 Å². The summed E-state index contributed by atoms with van der Waals surface area (Å²) in [6.07, 6.45) is 4.84. The zero-order chi connectivity index (χ0) is 15.4. The van der Waals surface area contributed by atoms with Crippen molar-refractivity contribution >= 4 is 15.3 Å². The topological polar surface area (TPSA) is 44.8 Å². The summed E-state index contributed by atoms with van der Waals surface area (Å²) in [6.45, 7) is 12.8. The van der Waals surface area contributed by atoms with Gasteiger partial charge in [0.05, 0.1) is 0 Å². The van der Waals surface area contributed by atoms with E-state index in [0.717, 1.165) is 25.7 Å². The van der Waals surface area contributed by atoms with Gasteiger partial charge in [-0.3, -0.25) is 0 Å². The Morgan fingerprint density at radius 3 is 1.95 bits per heavy atom. The van der Waals surface area contributed by atoms with Crippen LogP contribution in [-0.2, 0) is 18.4 Å². The smallest absolute Gasteiger partial charge is 0.429 e. The predicted octanol–water partition coefficient (Wildman–Crippen LogP) is 3.55. The Kier molecular flexibility index (Phi) is 11.7. The van der Waals surface area contributed by atoms with Gasteiger partial charge in [-0.15, -0.1) is 0 Å². The highest BCUT2D eigenvalue weighted by Gasteiger charge is 2.31. The normalized spacial score (nSPS) is 12.4. The molecule has 0 rings (SSSR count). The van der Waals surface area contributed by atoms with E-state index in [1.807, 2.05) is 6.92 Å². The molecule has 0 fully saturated rings. The van der Waals surface area contributed by atoms with Crippen molar-refractivity contribution < 1.29 is 18.4 Å². The first-order chi connectivity index (χ1) is 9.56. The molecule has 0 aromatic rings. The summed E-state index contributed by atoms with van der Waals surface area (Å²) >= 11 is 0. The molecule has 0 saturated carbocycles. The number of ether oxygens (including phenoxy) is 1. The zero-order valence-corrected chi connectivity index (χ0v) is 14.4. The van der Waals surface area contributed by atoms with Crippen molar-refractivity contribution in [3.05, 3.63) is 12.2 Å². The van der Waals surface area contributed by atoms with Crippen LogP contribution >= 0.6 is 0 Å². The van der Waals surface area contributed by atoms with Crippen LogP contribution < -0.4 is 0 Å². The Morgan fingerprint density at radius 1 is 1.10 bits per heavy atom. The van der Waals surface area contributed by atoms with Gasteiger partial charge in [0.2, 0.25) is 0 Å². The summed E-state index contributed by atoms with van der Waals surface area (Å²) < 4.78 is 17.1. The highest BCUT2D eigenvalue weighted by molar-refractivity contribution is 6.46. The summed E-state index contributed by atoms with van der Waals surface area (Å²) in [5, 5.41) is 0. The van der Waals surface area contributed by atoms with Gasteiger partial charge in [0.15, 0.2) is 0 Å². The number of rotatable bonds is 12. The Bertz CT molecular complexity index is 271. The van der Waals surface area contributed by atoms with E-state index in [1.54, 1.807) is 6.92 Å². The molecule has 1 atom stereocenters. The van der Waals surface area contributed by atoms with Crippen molar-refractivity contribution in [3.63, 3.8) is 0 Å². The number of hydrogen-bond acceptors (Lipinski definition) is 4. The Labute approximate surface area is 125 Å². The minimum absolute atomic E-state index is 0.280. The lowest BCUT2D eigenvalue weighted by molar-refractivity contribution is -0.142. The molecule has 117 valence electrons. The van der Waals surface area contributed by atoms with Gasteiger partial charge in [0, 0.05) is 18.8 Å².